The molecule has 1 atom stereocenters. The Morgan fingerprint density at radius 2 is 2.09 bits per heavy atom. The Kier molecular flexibility index (Phi) is 8.35. The van der Waals surface area contributed by atoms with Crippen molar-refractivity contribution in [1.29, 1.82) is 0 Å². The molecule has 0 saturated carbocycles. The molecule has 0 fully saturated rings. The first-order valence-corrected chi connectivity index (χ1v) is 11.1. The number of nitrogens with zero attached hydrogens (tertiary/aromatic N) is 4. The van der Waals surface area contributed by atoms with Crippen molar-refractivity contribution in [2.24, 2.45) is 5.92 Å². The Morgan fingerprint density at radius 3 is 2.82 bits per heavy atom. The SMILES string of the molecule is CC[C@@](O)(Cn1nncc1CCOCn1cc(F)c(=O)[nH]c1=O)c1cccc(OCC(C)C)c1. The fourth-order valence-electron chi connectivity index (χ4n) is 3.32. The number of aromatic amines is 1. The van der Waals surface area contributed by atoms with Crippen molar-refractivity contribution >= 4 is 0 Å². The number of H-pyrrole nitrogens is 1. The van der Waals surface area contributed by atoms with E-state index in [4.69, 9.17) is 9.47 Å². The van der Waals surface area contributed by atoms with E-state index in [-0.39, 0.29) is 19.9 Å². The number of nitrogens with one attached hydrogen (secondary N) is 1. The normalized spacial score (nSPS) is 13.2. The Balaban J connectivity index is 1.64. The van der Waals surface area contributed by atoms with E-state index < -0.39 is 22.7 Å². The number of rotatable bonds is 12. The smallest absolute Gasteiger partial charge is 0.330 e. The van der Waals surface area contributed by atoms with Crippen molar-refractivity contribution in [2.75, 3.05) is 13.2 Å². The quantitative estimate of drug-likeness (QED) is 0.383. The van der Waals surface area contributed by atoms with Crippen LogP contribution in [0.2, 0.25) is 0 Å². The molecule has 1 aromatic carbocycles. The molecule has 3 rings (SSSR count). The maximum Gasteiger partial charge on any atom is 0.330 e. The number of benzene rings is 1. The number of aromatic nitrogens is 5. The maximum atomic E-state index is 13.4. The number of hydrogen-bond donors (Lipinski definition) is 2. The first-order chi connectivity index (χ1) is 16.2. The second-order valence-electron chi connectivity index (χ2n) is 8.49. The van der Waals surface area contributed by atoms with Crippen LogP contribution < -0.4 is 16.0 Å². The first kappa shape index (κ1) is 25.3. The Bertz CT molecular complexity index is 1200. The zero-order valence-electron chi connectivity index (χ0n) is 19.5. The number of ether oxygens (including phenoxy) is 2. The van der Waals surface area contributed by atoms with E-state index >= 15 is 0 Å². The largest absolute Gasteiger partial charge is 0.493 e. The number of halogens is 1. The van der Waals surface area contributed by atoms with Gasteiger partial charge in [0.15, 0.2) is 0 Å². The highest BCUT2D eigenvalue weighted by Crippen LogP contribution is 2.30. The summed E-state index contributed by atoms with van der Waals surface area (Å²) in [4.78, 5) is 24.7. The van der Waals surface area contributed by atoms with Gasteiger partial charge in [-0.15, -0.1) is 5.10 Å². The minimum Gasteiger partial charge on any atom is -0.493 e. The lowest BCUT2D eigenvalue weighted by Gasteiger charge is -2.28. The van der Waals surface area contributed by atoms with E-state index in [2.05, 4.69) is 24.2 Å². The average molecular weight is 476 g/mol. The second kappa shape index (κ2) is 11.2. The molecule has 11 heteroatoms. The standard InChI is InChI=1S/C23H30FN5O5/c1-4-23(32,17-6-5-7-19(10-17)34-13-16(2)3)14-29-18(11-25-27-29)8-9-33-15-28-12-20(24)21(30)26-22(28)31/h5-7,10-12,16,32H,4,8-9,13-15H2,1-3H3,(H,26,30,31)/t23-/m1/s1. The average Bonchev–Trinajstić information content (AvgIpc) is 3.25. The summed E-state index contributed by atoms with van der Waals surface area (Å²) in [6.45, 7) is 6.75. The third-order valence-electron chi connectivity index (χ3n) is 5.35. The fourth-order valence-corrected chi connectivity index (χ4v) is 3.32. The molecule has 0 aliphatic carbocycles. The van der Waals surface area contributed by atoms with Crippen molar-refractivity contribution < 1.29 is 19.0 Å². The van der Waals surface area contributed by atoms with Gasteiger partial charge < -0.3 is 14.6 Å². The lowest BCUT2D eigenvalue weighted by Crippen LogP contribution is -2.32. The monoisotopic (exact) mass is 475 g/mol. The summed E-state index contributed by atoms with van der Waals surface area (Å²) in [5.74, 6) is 0.0118. The summed E-state index contributed by atoms with van der Waals surface area (Å²) in [7, 11) is 0. The van der Waals surface area contributed by atoms with Crippen molar-refractivity contribution in [3.63, 3.8) is 0 Å². The van der Waals surface area contributed by atoms with Gasteiger partial charge in [0.2, 0.25) is 5.82 Å². The molecular formula is C23H30FN5O5. The summed E-state index contributed by atoms with van der Waals surface area (Å²) < 4.78 is 27.2. The van der Waals surface area contributed by atoms with Gasteiger partial charge in [0, 0.05) is 6.42 Å². The summed E-state index contributed by atoms with van der Waals surface area (Å²) in [6.07, 6.45) is 3.21. The van der Waals surface area contributed by atoms with E-state index in [9.17, 15) is 19.1 Å². The van der Waals surface area contributed by atoms with Crippen LogP contribution in [0.5, 0.6) is 5.75 Å². The molecule has 2 heterocycles. The molecule has 0 bridgehead atoms. The summed E-state index contributed by atoms with van der Waals surface area (Å²) >= 11 is 0. The highest BCUT2D eigenvalue weighted by Gasteiger charge is 2.29. The van der Waals surface area contributed by atoms with E-state index in [0.29, 0.717) is 36.7 Å². The third-order valence-corrected chi connectivity index (χ3v) is 5.35. The van der Waals surface area contributed by atoms with E-state index in [0.717, 1.165) is 16.5 Å². The molecule has 0 aliphatic rings. The number of aliphatic hydroxyl groups is 1. The van der Waals surface area contributed by atoms with Gasteiger partial charge in [0.25, 0.3) is 5.56 Å². The molecule has 0 aliphatic heterocycles. The van der Waals surface area contributed by atoms with Gasteiger partial charge >= 0.3 is 5.69 Å². The zero-order valence-corrected chi connectivity index (χ0v) is 19.5. The Hall–Kier alpha value is -3.31. The van der Waals surface area contributed by atoms with Gasteiger partial charge in [-0.2, -0.15) is 4.39 Å². The molecule has 2 N–H and O–H groups in total. The fraction of sp³-hybridized carbons (Fsp3) is 0.478. The molecule has 0 radical (unpaired) electrons. The van der Waals surface area contributed by atoms with Gasteiger partial charge in [0.1, 0.15) is 18.1 Å². The van der Waals surface area contributed by atoms with Crippen LogP contribution in [0.15, 0.2) is 46.2 Å². The number of hydrogen-bond acceptors (Lipinski definition) is 7. The summed E-state index contributed by atoms with van der Waals surface area (Å²) in [6, 6.07) is 7.40. The predicted molar refractivity (Wildman–Crippen MR) is 122 cm³/mol. The maximum absolute atomic E-state index is 13.4. The highest BCUT2D eigenvalue weighted by atomic mass is 19.1. The minimum atomic E-state index is -1.19. The molecule has 3 aromatic rings. The predicted octanol–water partition coefficient (Wildman–Crippen LogP) is 1.82. The van der Waals surface area contributed by atoms with Gasteiger partial charge in [-0.05, 0) is 30.0 Å². The first-order valence-electron chi connectivity index (χ1n) is 11.1. The van der Waals surface area contributed by atoms with Gasteiger partial charge in [-0.25, -0.2) is 9.48 Å². The third kappa shape index (κ3) is 6.39. The van der Waals surface area contributed by atoms with Crippen LogP contribution in [-0.4, -0.2) is 42.9 Å². The lowest BCUT2D eigenvalue weighted by atomic mass is 9.91. The zero-order chi connectivity index (χ0) is 24.7. The molecule has 0 amide bonds. The van der Waals surface area contributed by atoms with Crippen LogP contribution in [0.1, 0.15) is 38.4 Å². The van der Waals surface area contributed by atoms with E-state index in [1.54, 1.807) is 10.9 Å². The van der Waals surface area contributed by atoms with Gasteiger partial charge in [0.05, 0.1) is 37.8 Å². The van der Waals surface area contributed by atoms with Crippen LogP contribution in [0, 0.1) is 11.7 Å². The molecule has 34 heavy (non-hydrogen) atoms. The van der Waals surface area contributed by atoms with Gasteiger partial charge in [-0.3, -0.25) is 14.3 Å². The van der Waals surface area contributed by atoms with Crippen molar-refractivity contribution in [3.05, 3.63) is 74.6 Å². The van der Waals surface area contributed by atoms with Gasteiger partial charge in [-0.1, -0.05) is 38.1 Å². The summed E-state index contributed by atoms with van der Waals surface area (Å²) in [5.41, 5.74) is -1.59. The molecule has 2 aromatic heterocycles. The van der Waals surface area contributed by atoms with Crippen molar-refractivity contribution in [1.82, 2.24) is 24.5 Å². The second-order valence-corrected chi connectivity index (χ2v) is 8.49. The molecule has 10 nitrogen and oxygen atoms in total. The molecule has 0 unspecified atom stereocenters. The van der Waals surface area contributed by atoms with Crippen LogP contribution >= 0.6 is 0 Å². The Morgan fingerprint density at radius 1 is 1.29 bits per heavy atom. The molecule has 184 valence electrons. The molecular weight excluding hydrogens is 445 g/mol. The highest BCUT2D eigenvalue weighted by molar-refractivity contribution is 5.32. The Labute approximate surface area is 196 Å². The van der Waals surface area contributed by atoms with Crippen LogP contribution in [0.4, 0.5) is 4.39 Å². The summed E-state index contributed by atoms with van der Waals surface area (Å²) in [5, 5.41) is 19.5. The van der Waals surface area contributed by atoms with Crippen LogP contribution in [-0.2, 0) is 30.0 Å². The topological polar surface area (TPSA) is 124 Å². The van der Waals surface area contributed by atoms with Crippen molar-refractivity contribution in [2.45, 2.75) is 52.5 Å². The molecule has 0 spiro atoms. The van der Waals surface area contributed by atoms with Crippen LogP contribution in [0.25, 0.3) is 0 Å². The molecule has 0 saturated heterocycles. The van der Waals surface area contributed by atoms with E-state index in [1.807, 2.05) is 36.2 Å². The van der Waals surface area contributed by atoms with Crippen LogP contribution in [0.3, 0.4) is 0 Å². The van der Waals surface area contributed by atoms with E-state index in [1.165, 1.54) is 0 Å². The lowest BCUT2D eigenvalue weighted by molar-refractivity contribution is 0.00885. The van der Waals surface area contributed by atoms with Crippen molar-refractivity contribution in [3.8, 4) is 5.75 Å². The minimum absolute atomic E-state index is 0.178.